The number of carbonyl (C=O) groups is 2. The van der Waals surface area contributed by atoms with Gasteiger partial charge in [0.05, 0.1) is 11.8 Å². The van der Waals surface area contributed by atoms with Crippen LogP contribution in [0.1, 0.15) is 35.3 Å². The molecule has 0 atom stereocenters. The highest BCUT2D eigenvalue weighted by atomic mass is 19.4. The number of benzene rings is 2. The second kappa shape index (κ2) is 8.48. The van der Waals surface area contributed by atoms with Gasteiger partial charge >= 0.3 is 6.18 Å². The zero-order valence-electron chi connectivity index (χ0n) is 14.7. The molecule has 0 radical (unpaired) electrons. The maximum Gasteiger partial charge on any atom is 0.416 e. The van der Waals surface area contributed by atoms with Gasteiger partial charge in [0.2, 0.25) is 5.91 Å². The summed E-state index contributed by atoms with van der Waals surface area (Å²) in [5.74, 6) is -0.837. The normalized spacial score (nSPS) is 11.6. The lowest BCUT2D eigenvalue weighted by molar-refractivity contribution is -0.137. The van der Waals surface area contributed by atoms with Gasteiger partial charge in [0.25, 0.3) is 5.91 Å². The number of nitrogens with zero attached hydrogens (tertiary/aromatic N) is 1. The highest BCUT2D eigenvalue weighted by molar-refractivity contribution is 5.96. The Morgan fingerprint density at radius 2 is 1.74 bits per heavy atom. The standard InChI is InChI=1S/C19H18F3N3O2/c1-12(2)17(26)24-16-8-6-14(7-9-16)18(27)25-23-11-13-4-3-5-15(10-13)19(20,21)22/h3-12H,1-2H3,(H,24,26)(H,25,27)/b23-11+. The number of amides is 2. The van der Waals surface area contributed by atoms with Gasteiger partial charge in [0, 0.05) is 17.2 Å². The van der Waals surface area contributed by atoms with Crippen molar-refractivity contribution in [2.45, 2.75) is 20.0 Å². The Kier molecular flexibility index (Phi) is 6.33. The first-order chi connectivity index (χ1) is 12.7. The van der Waals surface area contributed by atoms with Crippen molar-refractivity contribution in [3.8, 4) is 0 Å². The van der Waals surface area contributed by atoms with Crippen LogP contribution in [0, 0.1) is 5.92 Å². The molecule has 27 heavy (non-hydrogen) atoms. The van der Waals surface area contributed by atoms with E-state index in [2.05, 4.69) is 15.8 Å². The number of hydrogen-bond donors (Lipinski definition) is 2. The van der Waals surface area contributed by atoms with Crippen molar-refractivity contribution in [1.82, 2.24) is 5.43 Å². The number of anilines is 1. The minimum absolute atomic E-state index is 0.141. The van der Waals surface area contributed by atoms with Crippen molar-refractivity contribution in [3.05, 3.63) is 65.2 Å². The Morgan fingerprint density at radius 1 is 1.07 bits per heavy atom. The van der Waals surface area contributed by atoms with E-state index in [0.717, 1.165) is 18.3 Å². The monoisotopic (exact) mass is 377 g/mol. The molecule has 2 N–H and O–H groups in total. The maximum absolute atomic E-state index is 12.7. The molecule has 0 saturated heterocycles. The van der Waals surface area contributed by atoms with E-state index in [1.54, 1.807) is 26.0 Å². The zero-order valence-corrected chi connectivity index (χ0v) is 14.7. The molecule has 2 aromatic rings. The van der Waals surface area contributed by atoms with Crippen LogP contribution in [-0.2, 0) is 11.0 Å². The fourth-order valence-electron chi connectivity index (χ4n) is 2.02. The summed E-state index contributed by atoms with van der Waals surface area (Å²) in [5, 5.41) is 6.37. The Labute approximate surface area is 154 Å². The van der Waals surface area contributed by atoms with Crippen molar-refractivity contribution >= 4 is 23.7 Å². The number of hydrogen-bond acceptors (Lipinski definition) is 3. The van der Waals surface area contributed by atoms with Crippen molar-refractivity contribution in [3.63, 3.8) is 0 Å². The molecule has 0 saturated carbocycles. The predicted octanol–water partition coefficient (Wildman–Crippen LogP) is 4.06. The first-order valence-corrected chi connectivity index (χ1v) is 8.08. The third-order valence-electron chi connectivity index (χ3n) is 3.53. The van der Waals surface area contributed by atoms with Crippen LogP contribution in [0.15, 0.2) is 53.6 Å². The lowest BCUT2D eigenvalue weighted by Crippen LogP contribution is -2.19. The van der Waals surface area contributed by atoms with Gasteiger partial charge in [0.15, 0.2) is 0 Å². The van der Waals surface area contributed by atoms with Gasteiger partial charge in [0.1, 0.15) is 0 Å². The predicted molar refractivity (Wildman–Crippen MR) is 96.4 cm³/mol. The molecule has 2 rings (SSSR count). The van der Waals surface area contributed by atoms with Gasteiger partial charge in [-0.25, -0.2) is 5.43 Å². The Bertz CT molecular complexity index is 844. The SMILES string of the molecule is CC(C)C(=O)Nc1ccc(C(=O)N/N=C/c2cccc(C(F)(F)F)c2)cc1. The fourth-order valence-corrected chi connectivity index (χ4v) is 2.02. The van der Waals surface area contributed by atoms with Crippen molar-refractivity contribution in [2.24, 2.45) is 11.0 Å². The van der Waals surface area contributed by atoms with Crippen molar-refractivity contribution in [1.29, 1.82) is 0 Å². The summed E-state index contributed by atoms with van der Waals surface area (Å²) in [4.78, 5) is 23.6. The van der Waals surface area contributed by atoms with Crippen molar-refractivity contribution in [2.75, 3.05) is 5.32 Å². The number of carbonyl (C=O) groups excluding carboxylic acids is 2. The molecule has 0 unspecified atom stereocenters. The van der Waals surface area contributed by atoms with E-state index in [4.69, 9.17) is 0 Å². The minimum Gasteiger partial charge on any atom is -0.326 e. The maximum atomic E-state index is 12.7. The second-order valence-corrected chi connectivity index (χ2v) is 6.04. The molecule has 142 valence electrons. The van der Waals surface area contributed by atoms with Crippen LogP contribution in [0.25, 0.3) is 0 Å². The van der Waals surface area contributed by atoms with E-state index in [9.17, 15) is 22.8 Å². The van der Waals surface area contributed by atoms with E-state index in [0.29, 0.717) is 11.3 Å². The molecule has 2 amide bonds. The number of halogens is 3. The van der Waals surface area contributed by atoms with Crippen LogP contribution < -0.4 is 10.7 Å². The van der Waals surface area contributed by atoms with Gasteiger partial charge in [-0.1, -0.05) is 26.0 Å². The van der Waals surface area contributed by atoms with Crippen LogP contribution in [-0.4, -0.2) is 18.0 Å². The molecule has 0 bridgehead atoms. The summed E-state index contributed by atoms with van der Waals surface area (Å²) in [5.41, 5.74) is 2.50. The molecule has 5 nitrogen and oxygen atoms in total. The average Bonchev–Trinajstić information content (AvgIpc) is 2.61. The van der Waals surface area contributed by atoms with Crippen LogP contribution in [0.4, 0.5) is 18.9 Å². The number of rotatable bonds is 5. The number of nitrogens with one attached hydrogen (secondary N) is 2. The summed E-state index contributed by atoms with van der Waals surface area (Å²) in [6.45, 7) is 3.53. The minimum atomic E-state index is -4.44. The van der Waals surface area contributed by atoms with E-state index < -0.39 is 17.6 Å². The van der Waals surface area contributed by atoms with Gasteiger partial charge in [-0.15, -0.1) is 0 Å². The third-order valence-corrected chi connectivity index (χ3v) is 3.53. The van der Waals surface area contributed by atoms with Gasteiger partial charge in [-0.3, -0.25) is 9.59 Å². The van der Waals surface area contributed by atoms with Gasteiger partial charge < -0.3 is 5.32 Å². The lowest BCUT2D eigenvalue weighted by atomic mass is 10.1. The second-order valence-electron chi connectivity index (χ2n) is 6.04. The van der Waals surface area contributed by atoms with E-state index >= 15 is 0 Å². The lowest BCUT2D eigenvalue weighted by Gasteiger charge is -2.08. The fraction of sp³-hybridized carbons (Fsp3) is 0.211. The van der Waals surface area contributed by atoms with Crippen LogP contribution >= 0.6 is 0 Å². The molecule has 0 aliphatic carbocycles. The number of alkyl halides is 3. The van der Waals surface area contributed by atoms with E-state index in [1.807, 2.05) is 0 Å². The zero-order chi connectivity index (χ0) is 20.0. The molecule has 0 aliphatic heterocycles. The molecule has 0 aliphatic rings. The molecule has 2 aromatic carbocycles. The molecular weight excluding hydrogens is 359 g/mol. The highest BCUT2D eigenvalue weighted by Gasteiger charge is 2.30. The smallest absolute Gasteiger partial charge is 0.326 e. The Balaban J connectivity index is 1.97. The summed E-state index contributed by atoms with van der Waals surface area (Å²) in [7, 11) is 0. The molecular formula is C19H18F3N3O2. The summed E-state index contributed by atoms with van der Waals surface area (Å²) in [6.07, 6.45) is -3.32. The summed E-state index contributed by atoms with van der Waals surface area (Å²) < 4.78 is 38.0. The molecule has 0 aromatic heterocycles. The quantitative estimate of drug-likeness (QED) is 0.609. The third kappa shape index (κ3) is 5.95. The Hall–Kier alpha value is -3.16. The van der Waals surface area contributed by atoms with Gasteiger partial charge in [-0.2, -0.15) is 18.3 Å². The first-order valence-electron chi connectivity index (χ1n) is 8.08. The molecule has 0 heterocycles. The molecule has 0 spiro atoms. The summed E-state index contributed by atoms with van der Waals surface area (Å²) in [6, 6.07) is 10.7. The van der Waals surface area contributed by atoms with Crippen molar-refractivity contribution < 1.29 is 22.8 Å². The highest BCUT2D eigenvalue weighted by Crippen LogP contribution is 2.29. The number of hydrazone groups is 1. The van der Waals surface area contributed by atoms with Gasteiger partial charge in [-0.05, 0) is 42.0 Å². The average molecular weight is 377 g/mol. The summed E-state index contributed by atoms with van der Waals surface area (Å²) >= 11 is 0. The van der Waals surface area contributed by atoms with Crippen LogP contribution in [0.5, 0.6) is 0 Å². The topological polar surface area (TPSA) is 70.6 Å². The van der Waals surface area contributed by atoms with Crippen LogP contribution in [0.2, 0.25) is 0 Å². The van der Waals surface area contributed by atoms with Crippen LogP contribution in [0.3, 0.4) is 0 Å². The molecule has 8 heteroatoms. The van der Waals surface area contributed by atoms with E-state index in [-0.39, 0.29) is 17.4 Å². The van der Waals surface area contributed by atoms with E-state index in [1.165, 1.54) is 24.3 Å². The first kappa shape index (κ1) is 20.2. The molecule has 0 fully saturated rings. The largest absolute Gasteiger partial charge is 0.416 e. The Morgan fingerprint density at radius 3 is 2.33 bits per heavy atom.